The molecule has 1 fully saturated rings. The predicted octanol–water partition coefficient (Wildman–Crippen LogP) is 3.11. The quantitative estimate of drug-likeness (QED) is 0.414. The van der Waals surface area contributed by atoms with Crippen LogP contribution in [0.15, 0.2) is 90.1 Å². The number of carbonyl (C=O) groups excluding carboxylic acids is 2. The molecule has 176 valence electrons. The lowest BCUT2D eigenvalue weighted by molar-refractivity contribution is -0.0238. The molecule has 1 amide bonds. The van der Waals surface area contributed by atoms with Crippen molar-refractivity contribution in [2.24, 2.45) is 0 Å². The third kappa shape index (κ3) is 4.69. The van der Waals surface area contributed by atoms with Gasteiger partial charge in [-0.3, -0.25) is 14.5 Å². The zero-order valence-corrected chi connectivity index (χ0v) is 19.2. The van der Waals surface area contributed by atoms with Crippen molar-refractivity contribution in [3.8, 4) is 0 Å². The Morgan fingerprint density at radius 2 is 1.63 bits per heavy atom. The SMILES string of the molecule is O=C(OC1CN(C(=O)c2ccc(NS(=O)(=O)c3cccc4cccnc34)cc2)C1)c1ccccn1. The molecule has 1 N–H and O–H groups in total. The van der Waals surface area contributed by atoms with Gasteiger partial charge in [-0.15, -0.1) is 0 Å². The van der Waals surface area contributed by atoms with Gasteiger partial charge in [0.1, 0.15) is 16.7 Å². The van der Waals surface area contributed by atoms with E-state index in [2.05, 4.69) is 14.7 Å². The summed E-state index contributed by atoms with van der Waals surface area (Å²) in [6.07, 6.45) is 2.66. The van der Waals surface area contributed by atoms with Crippen LogP contribution in [-0.4, -0.2) is 54.4 Å². The Balaban J connectivity index is 1.21. The lowest BCUT2D eigenvalue weighted by Gasteiger charge is -2.38. The molecule has 5 rings (SSSR count). The lowest BCUT2D eigenvalue weighted by Crippen LogP contribution is -2.55. The van der Waals surface area contributed by atoms with Crippen LogP contribution in [0.4, 0.5) is 5.69 Å². The Kier molecular flexibility index (Phi) is 5.87. The fraction of sp³-hybridized carbons (Fsp3) is 0.120. The van der Waals surface area contributed by atoms with Crippen LogP contribution in [0.25, 0.3) is 10.9 Å². The van der Waals surface area contributed by atoms with E-state index in [1.807, 2.05) is 0 Å². The van der Waals surface area contributed by atoms with E-state index in [0.29, 0.717) is 16.8 Å². The maximum atomic E-state index is 13.0. The van der Waals surface area contributed by atoms with E-state index in [-0.39, 0.29) is 29.6 Å². The Labute approximate surface area is 201 Å². The highest BCUT2D eigenvalue weighted by Gasteiger charge is 2.34. The molecular formula is C25H20N4O5S. The van der Waals surface area contributed by atoms with E-state index in [0.717, 1.165) is 5.39 Å². The molecule has 0 bridgehead atoms. The molecule has 10 heteroatoms. The number of pyridine rings is 2. The number of benzene rings is 2. The molecule has 35 heavy (non-hydrogen) atoms. The Bertz CT molecular complexity index is 1500. The fourth-order valence-corrected chi connectivity index (χ4v) is 4.98. The number of ether oxygens (including phenoxy) is 1. The molecule has 1 aliphatic heterocycles. The minimum atomic E-state index is -3.89. The highest BCUT2D eigenvalue weighted by Crippen LogP contribution is 2.24. The second kappa shape index (κ2) is 9.15. The number of nitrogens with zero attached hydrogens (tertiary/aromatic N) is 3. The van der Waals surface area contributed by atoms with Crippen molar-refractivity contribution in [2.45, 2.75) is 11.0 Å². The Morgan fingerprint density at radius 3 is 2.37 bits per heavy atom. The predicted molar refractivity (Wildman–Crippen MR) is 128 cm³/mol. The summed E-state index contributed by atoms with van der Waals surface area (Å²) in [5, 5.41) is 0.717. The van der Waals surface area contributed by atoms with Gasteiger partial charge in [-0.05, 0) is 48.5 Å². The van der Waals surface area contributed by atoms with Crippen LogP contribution < -0.4 is 4.72 Å². The van der Waals surface area contributed by atoms with Crippen molar-refractivity contribution in [3.05, 3.63) is 96.4 Å². The van der Waals surface area contributed by atoms with Gasteiger partial charge in [-0.2, -0.15) is 0 Å². The first-order valence-electron chi connectivity index (χ1n) is 10.8. The van der Waals surface area contributed by atoms with Crippen molar-refractivity contribution in [3.63, 3.8) is 0 Å². The van der Waals surface area contributed by atoms with Crippen LogP contribution in [0.5, 0.6) is 0 Å². The monoisotopic (exact) mass is 488 g/mol. The lowest BCUT2D eigenvalue weighted by atomic mass is 10.1. The minimum absolute atomic E-state index is 0.0719. The summed E-state index contributed by atoms with van der Waals surface area (Å²) < 4.78 is 33.8. The molecule has 4 aromatic rings. The van der Waals surface area contributed by atoms with Crippen molar-refractivity contribution in [1.82, 2.24) is 14.9 Å². The third-order valence-electron chi connectivity index (χ3n) is 5.55. The number of hydrogen-bond donors (Lipinski definition) is 1. The van der Waals surface area contributed by atoms with Crippen LogP contribution in [0.1, 0.15) is 20.8 Å². The molecule has 3 heterocycles. The second-order valence-corrected chi connectivity index (χ2v) is 9.62. The van der Waals surface area contributed by atoms with Crippen LogP contribution in [0.2, 0.25) is 0 Å². The summed E-state index contributed by atoms with van der Waals surface area (Å²) in [6.45, 7) is 0.555. The van der Waals surface area contributed by atoms with Gasteiger partial charge in [0.2, 0.25) is 0 Å². The van der Waals surface area contributed by atoms with Gasteiger partial charge in [0.15, 0.2) is 0 Å². The highest BCUT2D eigenvalue weighted by atomic mass is 32.2. The molecule has 0 unspecified atom stereocenters. The number of likely N-dealkylation sites (tertiary alicyclic amines) is 1. The van der Waals surface area contributed by atoms with Gasteiger partial charge >= 0.3 is 5.97 Å². The number of anilines is 1. The number of aromatic nitrogens is 2. The fourth-order valence-electron chi connectivity index (χ4n) is 3.74. The number of nitrogens with one attached hydrogen (secondary N) is 1. The summed E-state index contributed by atoms with van der Waals surface area (Å²) >= 11 is 0. The number of carbonyl (C=O) groups is 2. The average molecular weight is 489 g/mol. The van der Waals surface area contributed by atoms with E-state index in [1.165, 1.54) is 24.4 Å². The van der Waals surface area contributed by atoms with Crippen LogP contribution in [-0.2, 0) is 14.8 Å². The number of esters is 1. The second-order valence-electron chi connectivity index (χ2n) is 7.97. The van der Waals surface area contributed by atoms with Gasteiger partial charge in [-0.1, -0.05) is 24.3 Å². The number of hydrogen-bond acceptors (Lipinski definition) is 7. The maximum Gasteiger partial charge on any atom is 0.357 e. The average Bonchev–Trinajstić information content (AvgIpc) is 2.86. The number of rotatable bonds is 6. The van der Waals surface area contributed by atoms with Crippen LogP contribution in [0, 0.1) is 0 Å². The molecule has 2 aromatic carbocycles. The largest absolute Gasteiger partial charge is 0.454 e. The van der Waals surface area contributed by atoms with E-state index < -0.39 is 22.1 Å². The summed E-state index contributed by atoms with van der Waals surface area (Å²) in [5.41, 5.74) is 1.31. The number of para-hydroxylation sites is 1. The molecule has 0 saturated carbocycles. The standard InChI is InChI=1S/C25H20N4O5S/c30-24(29-15-20(16-29)34-25(31)21-7-1-2-13-26-21)18-9-11-19(12-10-18)28-35(32,33)22-8-3-5-17-6-4-14-27-23(17)22/h1-14,20,28H,15-16H2. The Hall–Kier alpha value is -4.31. The highest BCUT2D eigenvalue weighted by molar-refractivity contribution is 7.93. The molecule has 1 aliphatic rings. The molecule has 0 aliphatic carbocycles. The maximum absolute atomic E-state index is 13.0. The summed E-state index contributed by atoms with van der Waals surface area (Å²) in [4.78, 5) is 34.6. The van der Waals surface area contributed by atoms with E-state index in [9.17, 15) is 18.0 Å². The summed E-state index contributed by atoms with van der Waals surface area (Å²) in [5.74, 6) is -0.761. The minimum Gasteiger partial charge on any atom is -0.454 e. The zero-order valence-electron chi connectivity index (χ0n) is 18.4. The molecule has 9 nitrogen and oxygen atoms in total. The van der Waals surface area contributed by atoms with Crippen molar-refractivity contribution >= 4 is 38.5 Å². The zero-order chi connectivity index (χ0) is 24.4. The Morgan fingerprint density at radius 1 is 0.886 bits per heavy atom. The first-order chi connectivity index (χ1) is 16.9. The number of sulfonamides is 1. The first kappa shape index (κ1) is 22.5. The number of fused-ring (bicyclic) bond motifs is 1. The molecule has 0 atom stereocenters. The third-order valence-corrected chi connectivity index (χ3v) is 6.97. The summed E-state index contributed by atoms with van der Waals surface area (Å²) in [6, 6.07) is 19.6. The molecule has 0 spiro atoms. The molecule has 0 radical (unpaired) electrons. The van der Waals surface area contributed by atoms with Gasteiger partial charge < -0.3 is 9.64 Å². The van der Waals surface area contributed by atoms with Gasteiger partial charge in [0.05, 0.1) is 18.6 Å². The first-order valence-corrected chi connectivity index (χ1v) is 12.3. The van der Waals surface area contributed by atoms with Crippen LogP contribution >= 0.6 is 0 Å². The van der Waals surface area contributed by atoms with E-state index in [4.69, 9.17) is 4.74 Å². The van der Waals surface area contributed by atoms with Crippen LogP contribution in [0.3, 0.4) is 0 Å². The number of amides is 1. The molecular weight excluding hydrogens is 468 g/mol. The van der Waals surface area contributed by atoms with Gasteiger partial charge in [-0.25, -0.2) is 18.2 Å². The smallest absolute Gasteiger partial charge is 0.357 e. The summed E-state index contributed by atoms with van der Waals surface area (Å²) in [7, 11) is -3.89. The van der Waals surface area contributed by atoms with Gasteiger partial charge in [0.25, 0.3) is 15.9 Å². The normalized spacial score (nSPS) is 13.8. The molecule has 1 saturated heterocycles. The van der Waals surface area contributed by atoms with Crippen molar-refractivity contribution < 1.29 is 22.7 Å². The van der Waals surface area contributed by atoms with Crippen molar-refractivity contribution in [2.75, 3.05) is 17.8 Å². The van der Waals surface area contributed by atoms with Gasteiger partial charge in [0, 0.05) is 29.0 Å². The van der Waals surface area contributed by atoms with E-state index >= 15 is 0 Å². The van der Waals surface area contributed by atoms with Crippen molar-refractivity contribution in [1.29, 1.82) is 0 Å². The topological polar surface area (TPSA) is 119 Å². The molecule has 2 aromatic heterocycles. The van der Waals surface area contributed by atoms with E-state index in [1.54, 1.807) is 65.7 Å².